The lowest BCUT2D eigenvalue weighted by Gasteiger charge is -2.32. The molecule has 2 rings (SSSR count). The predicted molar refractivity (Wildman–Crippen MR) is 106 cm³/mol. The van der Waals surface area contributed by atoms with Crippen molar-refractivity contribution in [1.82, 2.24) is 10.3 Å². The van der Waals surface area contributed by atoms with Crippen molar-refractivity contribution in [2.45, 2.75) is 45.9 Å². The van der Waals surface area contributed by atoms with Crippen molar-refractivity contribution >= 4 is 36.5 Å². The number of nitrogens with one attached hydrogen (secondary N) is 1. The van der Waals surface area contributed by atoms with Gasteiger partial charge in [0.2, 0.25) is 5.91 Å². The van der Waals surface area contributed by atoms with Gasteiger partial charge in [-0.25, -0.2) is 4.98 Å². The first kappa shape index (κ1) is 23.9. The van der Waals surface area contributed by atoms with Gasteiger partial charge in [0.25, 0.3) is 0 Å². The molecule has 2 atom stereocenters. The Labute approximate surface area is 162 Å². The zero-order chi connectivity index (χ0) is 16.8. The lowest BCUT2D eigenvalue weighted by molar-refractivity contribution is -0.122. The molecule has 0 spiro atoms. The highest BCUT2D eigenvalue weighted by atomic mass is 35.5. The molecule has 6 nitrogen and oxygen atoms in total. The number of rotatable bonds is 6. The summed E-state index contributed by atoms with van der Waals surface area (Å²) in [4.78, 5) is 18.6. The first-order valence-electron chi connectivity index (χ1n) is 8.30. The van der Waals surface area contributed by atoms with Crippen LogP contribution in [0.3, 0.4) is 0 Å². The molecule has 1 unspecified atom stereocenters. The van der Waals surface area contributed by atoms with E-state index in [1.807, 2.05) is 18.3 Å². The third-order valence-electron chi connectivity index (χ3n) is 3.90. The molecular formula is C17H30Cl2N4O2. The normalized spacial score (nSPS) is 18.1. The summed E-state index contributed by atoms with van der Waals surface area (Å²) >= 11 is 0. The maximum Gasteiger partial charge on any atom is 0.237 e. The number of carbonyl (C=O) groups is 1. The topological polar surface area (TPSA) is 80.5 Å². The van der Waals surface area contributed by atoms with E-state index in [1.54, 1.807) is 0 Å². The standard InChI is InChI=1S/C17H28N4O2.2ClH/c1-12(2)8-15(18)17(22)20-10-14-4-5-16(19-9-14)21-6-7-23-13(3)11-21;;/h4-5,9,12-13,15H,6-8,10-11,18H2,1-3H3,(H,20,22);2*1H/t13?,15-;;/m0../s1. The molecule has 144 valence electrons. The van der Waals surface area contributed by atoms with Gasteiger partial charge in [-0.15, -0.1) is 24.8 Å². The van der Waals surface area contributed by atoms with Crippen LogP contribution < -0.4 is 16.0 Å². The number of pyridine rings is 1. The van der Waals surface area contributed by atoms with Crippen molar-refractivity contribution in [3.63, 3.8) is 0 Å². The fourth-order valence-electron chi connectivity index (χ4n) is 2.67. The SMILES string of the molecule is CC(C)C[C@H](N)C(=O)NCc1ccc(N2CCOC(C)C2)nc1.Cl.Cl. The van der Waals surface area contributed by atoms with Gasteiger partial charge < -0.3 is 20.7 Å². The number of aromatic nitrogens is 1. The van der Waals surface area contributed by atoms with Crippen LogP contribution in [0, 0.1) is 5.92 Å². The fourth-order valence-corrected chi connectivity index (χ4v) is 2.67. The summed E-state index contributed by atoms with van der Waals surface area (Å²) in [5.74, 6) is 1.25. The molecule has 1 aliphatic rings. The van der Waals surface area contributed by atoms with E-state index < -0.39 is 6.04 Å². The Balaban J connectivity index is 0.00000288. The van der Waals surface area contributed by atoms with E-state index in [0.29, 0.717) is 18.9 Å². The number of halogens is 2. The van der Waals surface area contributed by atoms with E-state index in [-0.39, 0.29) is 36.8 Å². The molecule has 0 saturated carbocycles. The third-order valence-corrected chi connectivity index (χ3v) is 3.90. The first-order valence-corrected chi connectivity index (χ1v) is 8.30. The number of amides is 1. The van der Waals surface area contributed by atoms with Gasteiger partial charge in [0.05, 0.1) is 18.8 Å². The molecule has 0 aromatic carbocycles. The molecule has 1 aliphatic heterocycles. The minimum absolute atomic E-state index is 0. The summed E-state index contributed by atoms with van der Waals surface area (Å²) in [5.41, 5.74) is 6.84. The highest BCUT2D eigenvalue weighted by Gasteiger charge is 2.18. The second-order valence-corrected chi connectivity index (χ2v) is 6.61. The van der Waals surface area contributed by atoms with Gasteiger partial charge >= 0.3 is 0 Å². The Hall–Kier alpha value is -1.08. The maximum absolute atomic E-state index is 11.9. The van der Waals surface area contributed by atoms with Crippen LogP contribution in [0.25, 0.3) is 0 Å². The van der Waals surface area contributed by atoms with Gasteiger partial charge in [0, 0.05) is 25.8 Å². The smallest absolute Gasteiger partial charge is 0.237 e. The Morgan fingerprint density at radius 3 is 2.72 bits per heavy atom. The summed E-state index contributed by atoms with van der Waals surface area (Å²) in [7, 11) is 0. The van der Waals surface area contributed by atoms with Crippen molar-refractivity contribution < 1.29 is 9.53 Å². The zero-order valence-corrected chi connectivity index (χ0v) is 16.7. The highest BCUT2D eigenvalue weighted by molar-refractivity contribution is 5.85. The molecule has 25 heavy (non-hydrogen) atoms. The van der Waals surface area contributed by atoms with Crippen LogP contribution >= 0.6 is 24.8 Å². The van der Waals surface area contributed by atoms with Crippen LogP contribution in [0.1, 0.15) is 32.8 Å². The molecule has 3 N–H and O–H groups in total. The number of nitrogens with zero attached hydrogens (tertiary/aromatic N) is 2. The molecule has 2 heterocycles. The summed E-state index contributed by atoms with van der Waals surface area (Å²) < 4.78 is 5.54. The number of ether oxygens (including phenoxy) is 1. The van der Waals surface area contributed by atoms with Crippen LogP contribution in [0.2, 0.25) is 0 Å². The van der Waals surface area contributed by atoms with E-state index in [0.717, 1.165) is 31.1 Å². The molecule has 1 amide bonds. The summed E-state index contributed by atoms with van der Waals surface area (Å²) in [6.45, 7) is 9.08. The summed E-state index contributed by atoms with van der Waals surface area (Å²) in [5, 5.41) is 2.87. The number of anilines is 1. The van der Waals surface area contributed by atoms with Crippen LogP contribution in [-0.4, -0.2) is 42.7 Å². The minimum Gasteiger partial charge on any atom is -0.375 e. The third kappa shape index (κ3) is 7.77. The van der Waals surface area contributed by atoms with Crippen LogP contribution in [0.4, 0.5) is 5.82 Å². The summed E-state index contributed by atoms with van der Waals surface area (Å²) in [6.07, 6.45) is 2.73. The van der Waals surface area contributed by atoms with Gasteiger partial charge in [-0.05, 0) is 30.9 Å². The molecule has 1 fully saturated rings. The monoisotopic (exact) mass is 392 g/mol. The van der Waals surface area contributed by atoms with Gasteiger partial charge in [-0.3, -0.25) is 4.79 Å². The lowest BCUT2D eigenvalue weighted by atomic mass is 10.0. The van der Waals surface area contributed by atoms with Crippen LogP contribution in [-0.2, 0) is 16.1 Å². The summed E-state index contributed by atoms with van der Waals surface area (Å²) in [6, 6.07) is 3.54. The largest absolute Gasteiger partial charge is 0.375 e. The maximum atomic E-state index is 11.9. The van der Waals surface area contributed by atoms with E-state index >= 15 is 0 Å². The second-order valence-electron chi connectivity index (χ2n) is 6.61. The zero-order valence-electron chi connectivity index (χ0n) is 15.1. The van der Waals surface area contributed by atoms with Crippen molar-refractivity contribution in [2.24, 2.45) is 11.7 Å². The van der Waals surface area contributed by atoms with Gasteiger partial charge in [0.1, 0.15) is 5.82 Å². The van der Waals surface area contributed by atoms with Gasteiger partial charge in [0.15, 0.2) is 0 Å². The molecule has 0 bridgehead atoms. The number of hydrogen-bond donors (Lipinski definition) is 2. The molecule has 0 aliphatic carbocycles. The van der Waals surface area contributed by atoms with Crippen molar-refractivity contribution in [3.8, 4) is 0 Å². The van der Waals surface area contributed by atoms with E-state index in [1.165, 1.54) is 0 Å². The molecule has 1 saturated heterocycles. The number of nitrogens with two attached hydrogens (primary N) is 1. The molecular weight excluding hydrogens is 363 g/mol. The van der Waals surface area contributed by atoms with Gasteiger partial charge in [-0.2, -0.15) is 0 Å². The number of carbonyl (C=O) groups excluding carboxylic acids is 1. The minimum atomic E-state index is -0.447. The number of morpholine rings is 1. The van der Waals surface area contributed by atoms with Gasteiger partial charge in [-0.1, -0.05) is 19.9 Å². The van der Waals surface area contributed by atoms with E-state index in [2.05, 4.69) is 36.0 Å². The molecule has 0 radical (unpaired) electrons. The van der Waals surface area contributed by atoms with Crippen LogP contribution in [0.15, 0.2) is 18.3 Å². The Bertz CT molecular complexity index is 514. The molecule has 8 heteroatoms. The Kier molecular flexibility index (Phi) is 11.0. The Morgan fingerprint density at radius 2 is 2.16 bits per heavy atom. The molecule has 1 aromatic heterocycles. The predicted octanol–water partition coefficient (Wildman–Crippen LogP) is 2.14. The average Bonchev–Trinajstić information content (AvgIpc) is 2.52. The number of hydrogen-bond acceptors (Lipinski definition) is 5. The van der Waals surface area contributed by atoms with Crippen molar-refractivity contribution in [2.75, 3.05) is 24.6 Å². The van der Waals surface area contributed by atoms with E-state index in [9.17, 15) is 4.79 Å². The van der Waals surface area contributed by atoms with Crippen molar-refractivity contribution in [3.05, 3.63) is 23.9 Å². The van der Waals surface area contributed by atoms with E-state index in [4.69, 9.17) is 10.5 Å². The highest BCUT2D eigenvalue weighted by Crippen LogP contribution is 2.15. The molecule has 1 aromatic rings. The van der Waals surface area contributed by atoms with Crippen LogP contribution in [0.5, 0.6) is 0 Å². The average molecular weight is 393 g/mol. The van der Waals surface area contributed by atoms with Crippen molar-refractivity contribution in [1.29, 1.82) is 0 Å². The fraction of sp³-hybridized carbons (Fsp3) is 0.647. The Morgan fingerprint density at radius 1 is 1.44 bits per heavy atom. The lowest BCUT2D eigenvalue weighted by Crippen LogP contribution is -2.41. The second kappa shape index (κ2) is 11.5. The quantitative estimate of drug-likeness (QED) is 0.774. The first-order chi connectivity index (χ1) is 11.0.